The molecule has 1 N–H and O–H groups in total. The van der Waals surface area contributed by atoms with Crippen LogP contribution in [-0.4, -0.2) is 10.7 Å². The van der Waals surface area contributed by atoms with E-state index in [0.29, 0.717) is 22.9 Å². The first-order chi connectivity index (χ1) is 7.04. The Hall–Kier alpha value is -0.410. The largest absolute Gasteiger partial charge is 0.390 e. The predicted molar refractivity (Wildman–Crippen MR) is 61.4 cm³/mol. The number of aliphatic hydroxyl groups is 1. The Kier molecular flexibility index (Phi) is 2.86. The Bertz CT molecular complexity index is 385. The minimum atomic E-state index is -0.512. The van der Waals surface area contributed by atoms with Crippen LogP contribution in [0.25, 0.3) is 0 Å². The van der Waals surface area contributed by atoms with Gasteiger partial charge in [-0.2, -0.15) is 0 Å². The molecule has 0 amide bonds. The van der Waals surface area contributed by atoms with Crippen molar-refractivity contribution in [3.05, 3.63) is 33.5 Å². The van der Waals surface area contributed by atoms with Gasteiger partial charge in [-0.3, -0.25) is 0 Å². The summed E-state index contributed by atoms with van der Waals surface area (Å²) in [6.45, 7) is 1.93. The molecule has 2 rings (SSSR count). The maximum atomic E-state index is 13.5. The summed E-state index contributed by atoms with van der Waals surface area (Å²) in [5.41, 5.74) is 1.21. The Labute approximate surface area is 97.4 Å². The third-order valence-electron chi connectivity index (χ3n) is 2.90. The van der Waals surface area contributed by atoms with Crippen molar-refractivity contribution in [1.29, 1.82) is 0 Å². The van der Waals surface area contributed by atoms with Crippen molar-refractivity contribution in [2.24, 2.45) is 0 Å². The maximum absolute atomic E-state index is 13.5. The van der Waals surface area contributed by atoms with Crippen LogP contribution in [0.3, 0.4) is 0 Å². The molecule has 1 aromatic rings. The van der Waals surface area contributed by atoms with Crippen LogP contribution >= 0.6 is 15.9 Å². The van der Waals surface area contributed by atoms with E-state index in [1.165, 1.54) is 0 Å². The summed E-state index contributed by atoms with van der Waals surface area (Å²) in [5, 5.41) is 9.80. The second-order valence-electron chi connectivity index (χ2n) is 4.31. The standard InChI is InChI=1S/C12H14BrFO/c1-2-9-5-8(6-10(13)11(9)14)7-12(15)3-4-12/h5-6,15H,2-4,7H2,1H3. The lowest BCUT2D eigenvalue weighted by Crippen LogP contribution is -2.11. The number of rotatable bonds is 3. The van der Waals surface area contributed by atoms with E-state index >= 15 is 0 Å². The molecule has 0 saturated heterocycles. The van der Waals surface area contributed by atoms with E-state index in [4.69, 9.17) is 0 Å². The summed E-state index contributed by atoms with van der Waals surface area (Å²) in [7, 11) is 0. The van der Waals surface area contributed by atoms with Crippen LogP contribution in [-0.2, 0) is 12.8 Å². The molecule has 1 fully saturated rings. The van der Waals surface area contributed by atoms with Crippen LogP contribution in [0.5, 0.6) is 0 Å². The highest BCUT2D eigenvalue weighted by Gasteiger charge is 2.40. The minimum Gasteiger partial charge on any atom is -0.390 e. The second-order valence-corrected chi connectivity index (χ2v) is 5.16. The van der Waals surface area contributed by atoms with Crippen LogP contribution in [0.4, 0.5) is 4.39 Å². The lowest BCUT2D eigenvalue weighted by molar-refractivity contribution is 0.151. The molecule has 0 aliphatic heterocycles. The van der Waals surface area contributed by atoms with Gasteiger partial charge in [-0.05, 0) is 52.4 Å². The molecule has 1 nitrogen and oxygen atoms in total. The van der Waals surface area contributed by atoms with E-state index in [0.717, 1.165) is 18.4 Å². The zero-order valence-electron chi connectivity index (χ0n) is 8.69. The van der Waals surface area contributed by atoms with E-state index in [1.54, 1.807) is 6.07 Å². The molecular formula is C12H14BrFO. The summed E-state index contributed by atoms with van der Waals surface area (Å²) in [5.74, 6) is -0.177. The molecular weight excluding hydrogens is 259 g/mol. The Morgan fingerprint density at radius 3 is 2.67 bits per heavy atom. The van der Waals surface area contributed by atoms with Gasteiger partial charge in [0, 0.05) is 6.42 Å². The monoisotopic (exact) mass is 272 g/mol. The topological polar surface area (TPSA) is 20.2 Å². The average molecular weight is 273 g/mol. The van der Waals surface area contributed by atoms with Crippen LogP contribution in [0.2, 0.25) is 0 Å². The number of hydrogen-bond acceptors (Lipinski definition) is 1. The van der Waals surface area contributed by atoms with Gasteiger partial charge in [-0.15, -0.1) is 0 Å². The van der Waals surface area contributed by atoms with Crippen molar-refractivity contribution in [2.75, 3.05) is 0 Å². The third kappa shape index (κ3) is 2.40. The van der Waals surface area contributed by atoms with E-state index in [2.05, 4.69) is 15.9 Å². The van der Waals surface area contributed by atoms with Gasteiger partial charge in [0.15, 0.2) is 0 Å². The fraction of sp³-hybridized carbons (Fsp3) is 0.500. The smallest absolute Gasteiger partial charge is 0.140 e. The molecule has 1 aromatic carbocycles. The maximum Gasteiger partial charge on any atom is 0.140 e. The third-order valence-corrected chi connectivity index (χ3v) is 3.48. The highest BCUT2D eigenvalue weighted by molar-refractivity contribution is 9.10. The van der Waals surface area contributed by atoms with Gasteiger partial charge in [0.25, 0.3) is 0 Å². The zero-order chi connectivity index (χ0) is 11.1. The number of benzene rings is 1. The SMILES string of the molecule is CCc1cc(CC2(O)CC2)cc(Br)c1F. The van der Waals surface area contributed by atoms with Gasteiger partial charge in [0.1, 0.15) is 5.82 Å². The lowest BCUT2D eigenvalue weighted by atomic mass is 10.0. The molecule has 0 aromatic heterocycles. The average Bonchev–Trinajstić information content (AvgIpc) is 2.89. The molecule has 1 saturated carbocycles. The van der Waals surface area contributed by atoms with Crippen molar-refractivity contribution in [3.63, 3.8) is 0 Å². The number of halogens is 2. The molecule has 82 valence electrons. The minimum absolute atomic E-state index is 0.177. The van der Waals surface area contributed by atoms with E-state index in [9.17, 15) is 9.50 Å². The van der Waals surface area contributed by atoms with E-state index in [1.807, 2.05) is 13.0 Å². The molecule has 1 aliphatic carbocycles. The second kappa shape index (κ2) is 3.87. The first-order valence-corrected chi connectivity index (χ1v) is 6.02. The Morgan fingerprint density at radius 2 is 2.13 bits per heavy atom. The van der Waals surface area contributed by atoms with Crippen LogP contribution in [0.1, 0.15) is 30.9 Å². The molecule has 0 bridgehead atoms. The van der Waals surface area contributed by atoms with Crippen molar-refractivity contribution < 1.29 is 9.50 Å². The molecule has 0 spiro atoms. The number of hydrogen-bond donors (Lipinski definition) is 1. The first kappa shape index (κ1) is 11.1. The molecule has 15 heavy (non-hydrogen) atoms. The van der Waals surface area contributed by atoms with Crippen molar-refractivity contribution in [2.45, 2.75) is 38.2 Å². The van der Waals surface area contributed by atoms with Crippen LogP contribution < -0.4 is 0 Å². The Morgan fingerprint density at radius 1 is 1.47 bits per heavy atom. The van der Waals surface area contributed by atoms with Crippen LogP contribution in [0, 0.1) is 5.82 Å². The molecule has 0 heterocycles. The summed E-state index contributed by atoms with van der Waals surface area (Å²) in [4.78, 5) is 0. The molecule has 1 aliphatic rings. The fourth-order valence-corrected chi connectivity index (χ4v) is 2.32. The van der Waals surface area contributed by atoms with Crippen molar-refractivity contribution in [3.8, 4) is 0 Å². The lowest BCUT2D eigenvalue weighted by Gasteiger charge is -2.10. The highest BCUT2D eigenvalue weighted by atomic mass is 79.9. The zero-order valence-corrected chi connectivity index (χ0v) is 10.3. The summed E-state index contributed by atoms with van der Waals surface area (Å²) < 4.78 is 14.0. The summed E-state index contributed by atoms with van der Waals surface area (Å²) in [6.07, 6.45) is 3.04. The summed E-state index contributed by atoms with van der Waals surface area (Å²) in [6, 6.07) is 3.63. The molecule has 3 heteroatoms. The molecule has 0 unspecified atom stereocenters. The summed E-state index contributed by atoms with van der Waals surface area (Å²) >= 11 is 3.21. The Balaban J connectivity index is 2.28. The first-order valence-electron chi connectivity index (χ1n) is 5.23. The van der Waals surface area contributed by atoms with Gasteiger partial charge in [0.05, 0.1) is 10.1 Å². The van der Waals surface area contributed by atoms with Gasteiger partial charge in [-0.1, -0.05) is 13.0 Å². The fourth-order valence-electron chi connectivity index (χ4n) is 1.77. The van der Waals surface area contributed by atoms with Crippen LogP contribution in [0.15, 0.2) is 16.6 Å². The van der Waals surface area contributed by atoms with E-state index in [-0.39, 0.29) is 5.82 Å². The number of aryl methyl sites for hydroxylation is 1. The molecule has 0 radical (unpaired) electrons. The van der Waals surface area contributed by atoms with Gasteiger partial charge < -0.3 is 5.11 Å². The van der Waals surface area contributed by atoms with E-state index < -0.39 is 5.60 Å². The van der Waals surface area contributed by atoms with Gasteiger partial charge in [-0.25, -0.2) is 4.39 Å². The highest BCUT2D eigenvalue weighted by Crippen LogP contribution is 2.39. The van der Waals surface area contributed by atoms with Crippen molar-refractivity contribution >= 4 is 15.9 Å². The predicted octanol–water partition coefficient (Wildman–Crippen LogP) is 3.22. The van der Waals surface area contributed by atoms with Crippen molar-refractivity contribution in [1.82, 2.24) is 0 Å². The molecule has 0 atom stereocenters. The van der Waals surface area contributed by atoms with Gasteiger partial charge >= 0.3 is 0 Å². The quantitative estimate of drug-likeness (QED) is 0.896. The normalized spacial score (nSPS) is 17.9. The van der Waals surface area contributed by atoms with Gasteiger partial charge in [0.2, 0.25) is 0 Å².